The van der Waals surface area contributed by atoms with Crippen LogP contribution in [0.3, 0.4) is 0 Å². The van der Waals surface area contributed by atoms with Gasteiger partial charge in [-0.2, -0.15) is 0 Å². The van der Waals surface area contributed by atoms with Crippen LogP contribution in [0.1, 0.15) is 19.3 Å². The minimum absolute atomic E-state index is 0.298. The van der Waals surface area contributed by atoms with E-state index in [4.69, 9.17) is 9.47 Å². The molecule has 0 aromatic rings. The first-order chi connectivity index (χ1) is 8.09. The molecule has 17 heavy (non-hydrogen) atoms. The van der Waals surface area contributed by atoms with E-state index in [0.717, 1.165) is 6.42 Å². The zero-order valence-electron chi connectivity index (χ0n) is 9.69. The number of esters is 2. The van der Waals surface area contributed by atoms with Gasteiger partial charge in [-0.15, -0.1) is 0 Å². The first-order valence-electron chi connectivity index (χ1n) is 5.74. The van der Waals surface area contributed by atoms with Gasteiger partial charge in [0, 0.05) is 5.41 Å². The van der Waals surface area contributed by atoms with Crippen LogP contribution in [0, 0.1) is 10.8 Å². The molecule has 3 rings (SSSR count). The Hall–Kier alpha value is -1.58. The fraction of sp³-hybridized carbons (Fsp3) is 0.538. The largest absolute Gasteiger partial charge is 0.468 e. The second-order valence-electron chi connectivity index (χ2n) is 4.96. The van der Waals surface area contributed by atoms with Gasteiger partial charge in [-0.1, -0.05) is 12.7 Å². The van der Waals surface area contributed by atoms with Crippen LogP contribution in [0.15, 0.2) is 24.3 Å². The van der Waals surface area contributed by atoms with Crippen LogP contribution in [0.25, 0.3) is 0 Å². The molecule has 1 aliphatic heterocycles. The second-order valence-corrected chi connectivity index (χ2v) is 4.96. The molecule has 0 N–H and O–H groups in total. The lowest BCUT2D eigenvalue weighted by Gasteiger charge is -2.33. The Balaban J connectivity index is 2.22. The minimum Gasteiger partial charge on any atom is -0.468 e. The van der Waals surface area contributed by atoms with Crippen molar-refractivity contribution in [1.29, 1.82) is 0 Å². The molecule has 0 aromatic carbocycles. The summed E-state index contributed by atoms with van der Waals surface area (Å²) in [7, 11) is 1.30. The van der Waals surface area contributed by atoms with Crippen LogP contribution in [-0.2, 0) is 19.1 Å². The molecule has 0 bridgehead atoms. The molecule has 3 aliphatic rings. The molecule has 0 radical (unpaired) electrons. The van der Waals surface area contributed by atoms with Gasteiger partial charge in [-0.25, -0.2) is 0 Å². The summed E-state index contributed by atoms with van der Waals surface area (Å²) in [5.41, 5.74) is -1.11. The fourth-order valence-corrected chi connectivity index (χ4v) is 3.70. The van der Waals surface area contributed by atoms with Crippen LogP contribution in [0.2, 0.25) is 0 Å². The van der Waals surface area contributed by atoms with E-state index in [1.165, 1.54) is 7.11 Å². The predicted octanol–water partition coefficient (Wildman–Crippen LogP) is 1.37. The van der Waals surface area contributed by atoms with Gasteiger partial charge in [0.1, 0.15) is 6.10 Å². The van der Waals surface area contributed by atoms with Gasteiger partial charge < -0.3 is 9.47 Å². The SMILES string of the molecule is C=C1CC[C@@]23CC=C[C@@H]2OC(=O)[C@@]13C(=O)OC. The molecule has 1 saturated carbocycles. The number of rotatable bonds is 1. The molecule has 4 nitrogen and oxygen atoms in total. The molecule has 4 heteroatoms. The average Bonchev–Trinajstić information content (AvgIpc) is 2.89. The third-order valence-corrected chi connectivity index (χ3v) is 4.52. The Morgan fingerprint density at radius 1 is 1.65 bits per heavy atom. The topological polar surface area (TPSA) is 52.6 Å². The van der Waals surface area contributed by atoms with Crippen molar-refractivity contribution in [2.45, 2.75) is 25.4 Å². The van der Waals surface area contributed by atoms with Crippen LogP contribution < -0.4 is 0 Å². The van der Waals surface area contributed by atoms with Gasteiger partial charge in [-0.3, -0.25) is 9.59 Å². The lowest BCUT2D eigenvalue weighted by molar-refractivity contribution is -0.162. The van der Waals surface area contributed by atoms with E-state index in [0.29, 0.717) is 18.4 Å². The number of carbonyl (C=O) groups excluding carboxylic acids is 2. The number of methoxy groups -OCH3 is 1. The van der Waals surface area contributed by atoms with E-state index < -0.39 is 22.8 Å². The zero-order chi connectivity index (χ0) is 12.3. The van der Waals surface area contributed by atoms with Crippen molar-refractivity contribution in [1.82, 2.24) is 0 Å². The van der Waals surface area contributed by atoms with Crippen molar-refractivity contribution in [3.63, 3.8) is 0 Å². The van der Waals surface area contributed by atoms with Gasteiger partial charge in [0.2, 0.25) is 0 Å². The van der Waals surface area contributed by atoms with Crippen molar-refractivity contribution >= 4 is 11.9 Å². The number of ether oxygens (including phenoxy) is 2. The molecule has 3 atom stereocenters. The Kier molecular flexibility index (Phi) is 1.86. The van der Waals surface area contributed by atoms with Gasteiger partial charge in [0.15, 0.2) is 5.41 Å². The highest BCUT2D eigenvalue weighted by Crippen LogP contribution is 2.67. The maximum Gasteiger partial charge on any atom is 0.329 e. The maximum absolute atomic E-state index is 12.2. The number of hydrogen-bond donors (Lipinski definition) is 0. The Bertz CT molecular complexity index is 464. The lowest BCUT2D eigenvalue weighted by Crippen LogP contribution is -2.47. The number of hydrogen-bond acceptors (Lipinski definition) is 4. The molecule has 0 aromatic heterocycles. The zero-order valence-corrected chi connectivity index (χ0v) is 9.69. The lowest BCUT2D eigenvalue weighted by atomic mass is 9.63. The van der Waals surface area contributed by atoms with E-state index in [-0.39, 0.29) is 6.10 Å². The van der Waals surface area contributed by atoms with Crippen molar-refractivity contribution in [3.05, 3.63) is 24.3 Å². The molecule has 1 spiro atoms. The summed E-state index contributed by atoms with van der Waals surface area (Å²) >= 11 is 0. The molecular formula is C13H14O4. The molecule has 2 aliphatic carbocycles. The first-order valence-corrected chi connectivity index (χ1v) is 5.74. The molecule has 0 unspecified atom stereocenters. The van der Waals surface area contributed by atoms with Crippen LogP contribution >= 0.6 is 0 Å². The van der Waals surface area contributed by atoms with Gasteiger partial charge in [0.05, 0.1) is 7.11 Å². The molecule has 1 saturated heterocycles. The van der Waals surface area contributed by atoms with E-state index in [9.17, 15) is 9.59 Å². The van der Waals surface area contributed by atoms with Gasteiger partial charge in [-0.05, 0) is 30.9 Å². The van der Waals surface area contributed by atoms with Crippen molar-refractivity contribution < 1.29 is 19.1 Å². The highest BCUT2D eigenvalue weighted by Gasteiger charge is 2.76. The van der Waals surface area contributed by atoms with E-state index in [1.807, 2.05) is 12.2 Å². The van der Waals surface area contributed by atoms with Crippen molar-refractivity contribution in [2.24, 2.45) is 10.8 Å². The monoisotopic (exact) mass is 234 g/mol. The quantitative estimate of drug-likeness (QED) is 0.390. The third kappa shape index (κ3) is 0.875. The smallest absolute Gasteiger partial charge is 0.329 e. The minimum atomic E-state index is -1.27. The summed E-state index contributed by atoms with van der Waals surface area (Å²) in [5.74, 6) is -1.00. The van der Waals surface area contributed by atoms with Crippen molar-refractivity contribution in [2.75, 3.05) is 7.11 Å². The highest BCUT2D eigenvalue weighted by molar-refractivity contribution is 6.07. The standard InChI is InChI=1S/C13H14O4/c1-8-5-7-12-6-3-4-9(12)17-11(15)13(8,12)10(14)16-2/h3-4,9H,1,5-7H2,2H3/t9-,12-,13-/m0/s1. The summed E-state index contributed by atoms with van der Waals surface area (Å²) in [4.78, 5) is 24.3. The van der Waals surface area contributed by atoms with Crippen LogP contribution in [-0.4, -0.2) is 25.2 Å². The Morgan fingerprint density at radius 3 is 3.12 bits per heavy atom. The summed E-state index contributed by atoms with van der Waals surface area (Å²) in [6, 6.07) is 0. The Labute approximate surface area is 99.3 Å². The molecule has 2 fully saturated rings. The molecule has 1 heterocycles. The maximum atomic E-state index is 12.2. The molecule has 0 amide bonds. The molecular weight excluding hydrogens is 220 g/mol. The second kappa shape index (κ2) is 3.00. The van der Waals surface area contributed by atoms with E-state index in [1.54, 1.807) is 0 Å². The fourth-order valence-electron chi connectivity index (χ4n) is 3.70. The Morgan fingerprint density at radius 2 is 2.41 bits per heavy atom. The van der Waals surface area contributed by atoms with E-state index >= 15 is 0 Å². The van der Waals surface area contributed by atoms with Crippen molar-refractivity contribution in [3.8, 4) is 0 Å². The van der Waals surface area contributed by atoms with E-state index in [2.05, 4.69) is 6.58 Å². The molecule has 90 valence electrons. The summed E-state index contributed by atoms with van der Waals surface area (Å²) in [6.07, 6.45) is 5.67. The van der Waals surface area contributed by atoms with Crippen LogP contribution in [0.4, 0.5) is 0 Å². The summed E-state index contributed by atoms with van der Waals surface area (Å²) in [5, 5.41) is 0. The summed E-state index contributed by atoms with van der Waals surface area (Å²) in [6.45, 7) is 3.91. The van der Waals surface area contributed by atoms with Crippen LogP contribution in [0.5, 0.6) is 0 Å². The van der Waals surface area contributed by atoms with Gasteiger partial charge in [0.25, 0.3) is 0 Å². The first kappa shape index (κ1) is 10.6. The normalized spacial score (nSPS) is 42.3. The third-order valence-electron chi connectivity index (χ3n) is 4.52. The average molecular weight is 234 g/mol. The number of carbonyl (C=O) groups is 2. The number of allylic oxidation sites excluding steroid dienone is 1. The summed E-state index contributed by atoms with van der Waals surface area (Å²) < 4.78 is 10.2. The van der Waals surface area contributed by atoms with Gasteiger partial charge >= 0.3 is 11.9 Å². The highest BCUT2D eigenvalue weighted by atomic mass is 16.6. The predicted molar refractivity (Wildman–Crippen MR) is 58.9 cm³/mol.